The molecule has 0 N–H and O–H groups in total. The number of morpholine rings is 1. The molecule has 31 heavy (non-hydrogen) atoms. The topological polar surface area (TPSA) is 69.5 Å². The lowest BCUT2D eigenvalue weighted by molar-refractivity contribution is -0.0401. The first-order chi connectivity index (χ1) is 15.2. The predicted octanol–water partition coefficient (Wildman–Crippen LogP) is 3.79. The third kappa shape index (κ3) is 4.89. The standard InChI is InChI=1S/C23H25ClN4O3/c1-2-7-20-19(14-26-28(20)17-8-4-3-5-9-17)23(29)27-12-13-30-18(15-27)16-31-21-10-6-11-25-22(21)24/h3-6,8-11,14,18H,2,7,12-13,15-16H2,1H3. The number of carbonyl (C=O) groups is 1. The highest BCUT2D eigenvalue weighted by atomic mass is 35.5. The van der Waals surface area contributed by atoms with Crippen molar-refractivity contribution in [2.45, 2.75) is 25.9 Å². The molecule has 3 aromatic rings. The first kappa shape index (κ1) is 21.3. The lowest BCUT2D eigenvalue weighted by Gasteiger charge is -2.33. The number of ether oxygens (including phenoxy) is 2. The van der Waals surface area contributed by atoms with Gasteiger partial charge in [0.25, 0.3) is 5.91 Å². The van der Waals surface area contributed by atoms with E-state index in [1.54, 1.807) is 24.5 Å². The highest BCUT2D eigenvalue weighted by Gasteiger charge is 2.28. The Balaban J connectivity index is 1.47. The van der Waals surface area contributed by atoms with Crippen molar-refractivity contribution in [2.24, 2.45) is 0 Å². The maximum absolute atomic E-state index is 13.4. The van der Waals surface area contributed by atoms with E-state index < -0.39 is 0 Å². The number of halogens is 1. The van der Waals surface area contributed by atoms with Gasteiger partial charge in [0.2, 0.25) is 0 Å². The van der Waals surface area contributed by atoms with Crippen molar-refractivity contribution in [1.82, 2.24) is 19.7 Å². The van der Waals surface area contributed by atoms with Crippen LogP contribution in [0, 0.1) is 0 Å². The zero-order valence-corrected chi connectivity index (χ0v) is 18.2. The molecule has 3 heterocycles. The second-order valence-corrected chi connectivity index (χ2v) is 7.71. The molecule has 1 saturated heterocycles. The van der Waals surface area contributed by atoms with E-state index in [9.17, 15) is 4.79 Å². The van der Waals surface area contributed by atoms with E-state index in [1.165, 1.54) is 0 Å². The van der Waals surface area contributed by atoms with Crippen LogP contribution >= 0.6 is 11.6 Å². The van der Waals surface area contributed by atoms with E-state index in [0.29, 0.717) is 42.8 Å². The van der Waals surface area contributed by atoms with Gasteiger partial charge in [-0.2, -0.15) is 5.10 Å². The van der Waals surface area contributed by atoms with E-state index in [4.69, 9.17) is 21.1 Å². The minimum absolute atomic E-state index is 0.0293. The summed E-state index contributed by atoms with van der Waals surface area (Å²) in [6, 6.07) is 13.4. The van der Waals surface area contributed by atoms with Gasteiger partial charge in [-0.1, -0.05) is 43.1 Å². The van der Waals surface area contributed by atoms with Gasteiger partial charge < -0.3 is 14.4 Å². The van der Waals surface area contributed by atoms with E-state index in [2.05, 4.69) is 17.0 Å². The summed E-state index contributed by atoms with van der Waals surface area (Å²) in [6.45, 7) is 3.82. The summed E-state index contributed by atoms with van der Waals surface area (Å²) < 4.78 is 13.4. The lowest BCUT2D eigenvalue weighted by Crippen LogP contribution is -2.47. The fourth-order valence-corrected chi connectivity index (χ4v) is 3.83. The van der Waals surface area contributed by atoms with Crippen molar-refractivity contribution in [1.29, 1.82) is 0 Å². The van der Waals surface area contributed by atoms with E-state index in [0.717, 1.165) is 24.2 Å². The smallest absolute Gasteiger partial charge is 0.257 e. The normalized spacial score (nSPS) is 16.3. The maximum atomic E-state index is 13.4. The monoisotopic (exact) mass is 440 g/mol. The van der Waals surface area contributed by atoms with Crippen LogP contribution in [0.15, 0.2) is 54.9 Å². The van der Waals surface area contributed by atoms with Gasteiger partial charge in [-0.15, -0.1) is 0 Å². The summed E-state index contributed by atoms with van der Waals surface area (Å²) in [6.07, 6.45) is 4.73. The molecule has 0 saturated carbocycles. The van der Waals surface area contributed by atoms with Crippen LogP contribution in [0.3, 0.4) is 0 Å². The molecule has 1 aliphatic heterocycles. The number of carbonyl (C=O) groups excluding carboxylic acids is 1. The van der Waals surface area contributed by atoms with Crippen LogP contribution in [0.2, 0.25) is 5.15 Å². The number of aromatic nitrogens is 3. The van der Waals surface area contributed by atoms with Gasteiger partial charge in [0.1, 0.15) is 12.7 Å². The summed E-state index contributed by atoms with van der Waals surface area (Å²) in [5, 5.41) is 4.83. The number of nitrogens with zero attached hydrogens (tertiary/aromatic N) is 4. The molecule has 0 aliphatic carbocycles. The van der Waals surface area contributed by atoms with Crippen LogP contribution in [0.4, 0.5) is 0 Å². The predicted molar refractivity (Wildman–Crippen MR) is 118 cm³/mol. The van der Waals surface area contributed by atoms with Crippen molar-refractivity contribution in [2.75, 3.05) is 26.3 Å². The first-order valence-electron chi connectivity index (χ1n) is 10.4. The zero-order valence-electron chi connectivity index (χ0n) is 17.4. The molecule has 162 valence electrons. The molecule has 1 amide bonds. The highest BCUT2D eigenvalue weighted by Crippen LogP contribution is 2.22. The van der Waals surface area contributed by atoms with Gasteiger partial charge >= 0.3 is 0 Å². The molecule has 7 nitrogen and oxygen atoms in total. The summed E-state index contributed by atoms with van der Waals surface area (Å²) in [7, 11) is 0. The van der Waals surface area contributed by atoms with Crippen molar-refractivity contribution in [3.63, 3.8) is 0 Å². The summed E-state index contributed by atoms with van der Waals surface area (Å²) >= 11 is 6.05. The largest absolute Gasteiger partial charge is 0.488 e. The number of para-hydroxylation sites is 1. The average molecular weight is 441 g/mol. The summed E-state index contributed by atoms with van der Waals surface area (Å²) in [4.78, 5) is 19.2. The Kier molecular flexibility index (Phi) is 6.84. The fraction of sp³-hybridized carbons (Fsp3) is 0.348. The number of hydrogen-bond donors (Lipinski definition) is 0. The number of rotatable bonds is 7. The van der Waals surface area contributed by atoms with Crippen LogP contribution in [-0.4, -0.2) is 58.0 Å². The van der Waals surface area contributed by atoms with Crippen molar-refractivity contribution in [3.8, 4) is 11.4 Å². The van der Waals surface area contributed by atoms with E-state index >= 15 is 0 Å². The van der Waals surface area contributed by atoms with Gasteiger partial charge in [-0.3, -0.25) is 4.79 Å². The van der Waals surface area contributed by atoms with Crippen molar-refractivity contribution < 1.29 is 14.3 Å². The lowest BCUT2D eigenvalue weighted by atomic mass is 10.1. The minimum atomic E-state index is -0.243. The Bertz CT molecular complexity index is 1020. The Morgan fingerprint density at radius 2 is 2.10 bits per heavy atom. The van der Waals surface area contributed by atoms with Gasteiger partial charge in [0, 0.05) is 12.7 Å². The number of pyridine rings is 1. The molecule has 2 aromatic heterocycles. The molecule has 1 atom stereocenters. The summed E-state index contributed by atoms with van der Waals surface area (Å²) in [5.74, 6) is 0.476. The SMILES string of the molecule is CCCc1c(C(=O)N2CCOC(COc3cccnc3Cl)C2)cnn1-c1ccccc1. The second-order valence-electron chi connectivity index (χ2n) is 7.35. The second kappa shape index (κ2) is 9.94. The van der Waals surface area contributed by atoms with Crippen LogP contribution in [0.5, 0.6) is 5.75 Å². The number of amides is 1. The van der Waals surface area contributed by atoms with Gasteiger partial charge in [-0.25, -0.2) is 9.67 Å². The van der Waals surface area contributed by atoms with Gasteiger partial charge in [0.15, 0.2) is 10.9 Å². The third-order valence-corrected chi connectivity index (χ3v) is 5.45. The first-order valence-corrected chi connectivity index (χ1v) is 10.8. The molecular formula is C23H25ClN4O3. The Morgan fingerprint density at radius 3 is 2.87 bits per heavy atom. The van der Waals surface area contributed by atoms with Crippen molar-refractivity contribution >= 4 is 17.5 Å². The molecule has 8 heteroatoms. The van der Waals surface area contributed by atoms with Gasteiger partial charge in [-0.05, 0) is 30.7 Å². The molecule has 0 radical (unpaired) electrons. The molecule has 0 spiro atoms. The van der Waals surface area contributed by atoms with Crippen LogP contribution in [-0.2, 0) is 11.2 Å². The van der Waals surface area contributed by atoms with Crippen LogP contribution in [0.1, 0.15) is 29.4 Å². The Labute approximate surface area is 186 Å². The average Bonchev–Trinajstić information content (AvgIpc) is 3.23. The Morgan fingerprint density at radius 1 is 1.26 bits per heavy atom. The molecule has 1 aromatic carbocycles. The van der Waals surface area contributed by atoms with E-state index in [1.807, 2.05) is 39.9 Å². The Hall–Kier alpha value is -2.90. The molecule has 1 aliphatic rings. The molecule has 0 bridgehead atoms. The third-order valence-electron chi connectivity index (χ3n) is 5.16. The quantitative estimate of drug-likeness (QED) is 0.523. The fourth-order valence-electron chi connectivity index (χ4n) is 3.66. The van der Waals surface area contributed by atoms with Gasteiger partial charge in [0.05, 0.1) is 36.3 Å². The van der Waals surface area contributed by atoms with E-state index in [-0.39, 0.29) is 12.0 Å². The highest BCUT2D eigenvalue weighted by molar-refractivity contribution is 6.30. The molecule has 4 rings (SSSR count). The number of hydrogen-bond acceptors (Lipinski definition) is 5. The molecule has 1 unspecified atom stereocenters. The van der Waals surface area contributed by atoms with Crippen LogP contribution in [0.25, 0.3) is 5.69 Å². The molecule has 1 fully saturated rings. The zero-order chi connectivity index (χ0) is 21.6. The summed E-state index contributed by atoms with van der Waals surface area (Å²) in [5.41, 5.74) is 2.52. The van der Waals surface area contributed by atoms with Crippen molar-refractivity contribution in [3.05, 3.63) is 71.3 Å². The maximum Gasteiger partial charge on any atom is 0.257 e. The van der Waals surface area contributed by atoms with Crippen LogP contribution < -0.4 is 4.74 Å². The molecular weight excluding hydrogens is 416 g/mol. The minimum Gasteiger partial charge on any atom is -0.488 e. The number of benzene rings is 1.